The van der Waals surface area contributed by atoms with Crippen LogP contribution >= 0.6 is 22.9 Å². The molecule has 15 heteroatoms. The third kappa shape index (κ3) is 8.32. The summed E-state index contributed by atoms with van der Waals surface area (Å²) >= 11 is 7.49. The van der Waals surface area contributed by atoms with Crippen molar-refractivity contribution in [2.24, 2.45) is 11.7 Å². The first-order chi connectivity index (χ1) is 21.3. The number of alkyl halides is 3. The lowest BCUT2D eigenvalue weighted by molar-refractivity contribution is -0.287. The van der Waals surface area contributed by atoms with Crippen LogP contribution in [0.4, 0.5) is 13.2 Å². The van der Waals surface area contributed by atoms with Crippen molar-refractivity contribution in [2.45, 2.75) is 51.9 Å². The fraction of sp³-hybridized carbons (Fsp3) is 0.333. The molecule has 3 N–H and O–H groups in total. The zero-order valence-corrected chi connectivity index (χ0v) is 26.0. The van der Waals surface area contributed by atoms with Crippen LogP contribution in [0.5, 0.6) is 5.75 Å². The van der Waals surface area contributed by atoms with Crippen LogP contribution in [-0.4, -0.2) is 46.2 Å². The molecule has 4 aromatic rings. The largest absolute Gasteiger partial charge is 0.495 e. The molecular weight excluding hydrogens is 637 g/mol. The molecule has 45 heavy (non-hydrogen) atoms. The van der Waals surface area contributed by atoms with Crippen LogP contribution in [0.1, 0.15) is 54.1 Å². The zero-order valence-electron chi connectivity index (χ0n) is 24.4. The van der Waals surface area contributed by atoms with Crippen molar-refractivity contribution in [1.29, 1.82) is 0 Å². The SMILES string of the molecule is CC(C)C(NCCCc1ccc2ncn(-c3cc(O[C@H](C)c4ccccc4Cl)c(C(N)=O)s3)c2c1)C(=O)OOC(=O)C(F)(F)F. The minimum atomic E-state index is -5.28. The van der Waals surface area contributed by atoms with Crippen LogP contribution in [0, 0.1) is 5.92 Å². The first-order valence-electron chi connectivity index (χ1n) is 13.8. The standard InChI is InChI=1S/C30H30ClF3N4O6S/c1-16(2)25(28(40)43-44-29(41)30(32,33)34)36-12-6-7-18-10-11-21-22(13-18)38(15-37-21)24-14-23(26(45-24)27(35)39)42-17(3)19-8-4-5-9-20(19)31/h4-5,8-11,13-17,25,36H,6-7,12H2,1-3H3,(H2,35,39)/t17-,25?/m1/s1. The third-order valence-electron chi connectivity index (χ3n) is 6.76. The summed E-state index contributed by atoms with van der Waals surface area (Å²) in [4.78, 5) is 47.8. The van der Waals surface area contributed by atoms with Crippen LogP contribution in [0.15, 0.2) is 54.9 Å². The van der Waals surface area contributed by atoms with Crippen molar-refractivity contribution in [2.75, 3.05) is 6.54 Å². The number of carbonyl (C=O) groups is 3. The number of halogens is 4. The number of nitrogens with two attached hydrogens (primary N) is 1. The van der Waals surface area contributed by atoms with Gasteiger partial charge >= 0.3 is 18.1 Å². The molecule has 2 atom stereocenters. The van der Waals surface area contributed by atoms with Crippen LogP contribution in [-0.2, 0) is 25.8 Å². The monoisotopic (exact) mass is 666 g/mol. The Morgan fingerprint density at radius 3 is 2.49 bits per heavy atom. The molecule has 0 radical (unpaired) electrons. The molecule has 0 aliphatic carbocycles. The van der Waals surface area contributed by atoms with Gasteiger partial charge in [0.05, 0.1) is 11.0 Å². The molecule has 240 valence electrons. The summed E-state index contributed by atoms with van der Waals surface area (Å²) in [5, 5.41) is 4.14. The van der Waals surface area contributed by atoms with Gasteiger partial charge in [0, 0.05) is 16.7 Å². The number of imidazole rings is 1. The van der Waals surface area contributed by atoms with Gasteiger partial charge in [-0.2, -0.15) is 13.2 Å². The number of hydrogen-bond acceptors (Lipinski definition) is 9. The quantitative estimate of drug-likeness (QED) is 0.105. The Labute approximate surface area is 265 Å². The molecule has 1 unspecified atom stereocenters. The van der Waals surface area contributed by atoms with E-state index in [1.807, 2.05) is 47.9 Å². The molecule has 0 saturated heterocycles. The molecule has 0 fully saturated rings. The van der Waals surface area contributed by atoms with E-state index in [0.29, 0.717) is 40.7 Å². The number of carbonyl (C=O) groups excluding carboxylic acids is 3. The van der Waals surface area contributed by atoms with E-state index in [4.69, 9.17) is 22.1 Å². The Bertz CT molecular complexity index is 1690. The van der Waals surface area contributed by atoms with E-state index in [1.165, 1.54) is 11.3 Å². The predicted octanol–water partition coefficient (Wildman–Crippen LogP) is 6.09. The molecule has 0 bridgehead atoms. The summed E-state index contributed by atoms with van der Waals surface area (Å²) in [7, 11) is 0. The van der Waals surface area contributed by atoms with Crippen molar-refractivity contribution in [3.63, 3.8) is 0 Å². The van der Waals surface area contributed by atoms with E-state index in [2.05, 4.69) is 20.1 Å². The number of aromatic nitrogens is 2. The molecule has 4 rings (SSSR count). The van der Waals surface area contributed by atoms with E-state index in [0.717, 1.165) is 16.6 Å². The van der Waals surface area contributed by atoms with Gasteiger partial charge in [-0.3, -0.25) is 9.36 Å². The summed E-state index contributed by atoms with van der Waals surface area (Å²) in [6, 6.07) is 13.7. The van der Waals surface area contributed by atoms with Crippen LogP contribution in [0.2, 0.25) is 5.02 Å². The summed E-state index contributed by atoms with van der Waals surface area (Å²) in [5.41, 5.74) is 8.88. The van der Waals surface area contributed by atoms with Gasteiger partial charge in [-0.15, -0.1) is 11.3 Å². The second kappa shape index (κ2) is 14.3. The molecule has 0 spiro atoms. The third-order valence-corrected chi connectivity index (χ3v) is 8.24. The number of ether oxygens (including phenoxy) is 1. The minimum absolute atomic E-state index is 0.249. The highest BCUT2D eigenvalue weighted by atomic mass is 35.5. The Morgan fingerprint density at radius 1 is 1.09 bits per heavy atom. The number of hydrogen-bond donors (Lipinski definition) is 2. The van der Waals surface area contributed by atoms with Gasteiger partial charge < -0.3 is 15.8 Å². The van der Waals surface area contributed by atoms with Crippen molar-refractivity contribution < 1.29 is 42.1 Å². The van der Waals surface area contributed by atoms with Crippen LogP contribution in [0.25, 0.3) is 16.0 Å². The summed E-state index contributed by atoms with van der Waals surface area (Å²) in [5.74, 6) is -4.41. The average molecular weight is 667 g/mol. The number of thiophene rings is 1. The van der Waals surface area contributed by atoms with Crippen molar-refractivity contribution in [3.05, 3.63) is 75.9 Å². The second-order valence-electron chi connectivity index (χ2n) is 10.4. The first kappa shape index (κ1) is 33.7. The number of rotatable bonds is 12. The van der Waals surface area contributed by atoms with E-state index < -0.39 is 36.2 Å². The van der Waals surface area contributed by atoms with E-state index in [-0.39, 0.29) is 10.8 Å². The maximum absolute atomic E-state index is 12.3. The highest BCUT2D eigenvalue weighted by Crippen LogP contribution is 2.37. The molecule has 10 nitrogen and oxygen atoms in total. The van der Waals surface area contributed by atoms with Crippen molar-refractivity contribution in [3.8, 4) is 10.8 Å². The van der Waals surface area contributed by atoms with Gasteiger partial charge in [-0.05, 0) is 56.0 Å². The molecule has 0 aliphatic rings. The molecule has 0 saturated carbocycles. The predicted molar refractivity (Wildman–Crippen MR) is 161 cm³/mol. The van der Waals surface area contributed by atoms with Gasteiger partial charge in [0.25, 0.3) is 5.91 Å². The summed E-state index contributed by atoms with van der Waals surface area (Å²) in [6.45, 7) is 5.48. The smallest absolute Gasteiger partial charge is 0.484 e. The molecule has 1 amide bonds. The molecular formula is C30H30ClF3N4O6S. The summed E-state index contributed by atoms with van der Waals surface area (Å²) < 4.78 is 44.9. The van der Waals surface area contributed by atoms with Gasteiger partial charge in [-0.25, -0.2) is 24.3 Å². The Morgan fingerprint density at radius 2 is 1.82 bits per heavy atom. The Kier molecular flexibility index (Phi) is 10.7. The van der Waals surface area contributed by atoms with Crippen molar-refractivity contribution in [1.82, 2.24) is 14.9 Å². The van der Waals surface area contributed by atoms with E-state index in [9.17, 15) is 27.6 Å². The van der Waals surface area contributed by atoms with Crippen molar-refractivity contribution >= 4 is 51.8 Å². The van der Waals surface area contributed by atoms with Gasteiger partial charge in [0.1, 0.15) is 34.1 Å². The minimum Gasteiger partial charge on any atom is -0.484 e. The highest BCUT2D eigenvalue weighted by Gasteiger charge is 2.43. The number of nitrogens with one attached hydrogen (secondary N) is 1. The highest BCUT2D eigenvalue weighted by molar-refractivity contribution is 7.16. The number of aryl methyl sites for hydroxylation is 1. The fourth-order valence-electron chi connectivity index (χ4n) is 4.50. The Balaban J connectivity index is 1.43. The maximum Gasteiger partial charge on any atom is 0.495 e. The van der Waals surface area contributed by atoms with E-state index in [1.54, 1.807) is 32.3 Å². The number of primary amides is 1. The number of fused-ring (bicyclic) bond motifs is 1. The summed E-state index contributed by atoms with van der Waals surface area (Å²) in [6.07, 6.45) is -2.96. The Hall–Kier alpha value is -4.14. The van der Waals surface area contributed by atoms with E-state index >= 15 is 0 Å². The normalized spacial score (nSPS) is 13.1. The van der Waals surface area contributed by atoms with Gasteiger partial charge in [-0.1, -0.05) is 49.7 Å². The zero-order chi connectivity index (χ0) is 32.9. The number of nitrogens with zero attached hydrogens (tertiary/aromatic N) is 2. The first-order valence-corrected chi connectivity index (χ1v) is 15.0. The molecule has 2 aromatic carbocycles. The van der Waals surface area contributed by atoms with Crippen LogP contribution in [0.3, 0.4) is 0 Å². The lowest BCUT2D eigenvalue weighted by atomic mass is 10.0. The number of amides is 1. The second-order valence-corrected chi connectivity index (χ2v) is 11.8. The molecule has 2 aromatic heterocycles. The lowest BCUT2D eigenvalue weighted by Crippen LogP contribution is -2.43. The fourth-order valence-corrected chi connectivity index (χ4v) is 5.72. The topological polar surface area (TPSA) is 135 Å². The molecule has 0 aliphatic heterocycles. The molecule has 2 heterocycles. The number of benzene rings is 2. The van der Waals surface area contributed by atoms with Crippen LogP contribution < -0.4 is 15.8 Å². The van der Waals surface area contributed by atoms with Gasteiger partial charge in [0.2, 0.25) is 0 Å². The average Bonchev–Trinajstić information content (AvgIpc) is 3.59. The van der Waals surface area contributed by atoms with Gasteiger partial charge in [0.15, 0.2) is 0 Å². The maximum atomic E-state index is 12.3. The lowest BCUT2D eigenvalue weighted by Gasteiger charge is -2.19.